The summed E-state index contributed by atoms with van der Waals surface area (Å²) in [6.07, 6.45) is 8.87. The molecule has 0 saturated heterocycles. The molecule has 0 heterocycles. The number of allylic oxidation sites excluding steroid dienone is 2. The van der Waals surface area contributed by atoms with Crippen molar-refractivity contribution >= 4 is 11.6 Å². The molecule has 0 N–H and O–H groups in total. The highest BCUT2D eigenvalue weighted by Gasteiger charge is 2.05. The molecule has 2 nitrogen and oxygen atoms in total. The Labute approximate surface area is 92.8 Å². The van der Waals surface area contributed by atoms with E-state index < -0.39 is 0 Å². The van der Waals surface area contributed by atoms with Gasteiger partial charge in [0, 0.05) is 25.7 Å². The minimum absolute atomic E-state index is 0.209. The molecule has 0 aliphatic rings. The van der Waals surface area contributed by atoms with Crippen molar-refractivity contribution in [3.63, 3.8) is 0 Å². The van der Waals surface area contributed by atoms with Crippen LogP contribution in [0, 0.1) is 0 Å². The van der Waals surface area contributed by atoms with E-state index in [4.69, 9.17) is 0 Å². The van der Waals surface area contributed by atoms with Gasteiger partial charge in [-0.25, -0.2) is 0 Å². The molecule has 2 heteroatoms. The number of hydrogen-bond acceptors (Lipinski definition) is 2. The van der Waals surface area contributed by atoms with Crippen LogP contribution in [0.4, 0.5) is 0 Å². The van der Waals surface area contributed by atoms with Crippen LogP contribution in [0.2, 0.25) is 0 Å². The van der Waals surface area contributed by atoms with Gasteiger partial charge in [0.25, 0.3) is 0 Å². The summed E-state index contributed by atoms with van der Waals surface area (Å²) in [7, 11) is 0. The van der Waals surface area contributed by atoms with E-state index in [1.165, 1.54) is 0 Å². The van der Waals surface area contributed by atoms with Gasteiger partial charge in [-0.1, -0.05) is 26.0 Å². The average Bonchev–Trinajstić information content (AvgIpc) is 2.22. The zero-order valence-corrected chi connectivity index (χ0v) is 9.92. The highest BCUT2D eigenvalue weighted by Crippen LogP contribution is 2.03. The molecule has 0 radical (unpaired) electrons. The first-order valence-electron chi connectivity index (χ1n) is 5.89. The quantitative estimate of drug-likeness (QED) is 0.546. The van der Waals surface area contributed by atoms with Gasteiger partial charge in [0.15, 0.2) is 0 Å². The maximum Gasteiger partial charge on any atom is 0.133 e. The fourth-order valence-corrected chi connectivity index (χ4v) is 1.34. The summed E-state index contributed by atoms with van der Waals surface area (Å²) in [6, 6.07) is 0. The van der Waals surface area contributed by atoms with Gasteiger partial charge in [-0.15, -0.1) is 0 Å². The lowest BCUT2D eigenvalue weighted by Gasteiger charge is -1.98. The molecular weight excluding hydrogens is 188 g/mol. The number of ketones is 2. The molecule has 0 aliphatic heterocycles. The molecule has 0 aromatic rings. The number of carbonyl (C=O) groups is 2. The largest absolute Gasteiger partial charge is 0.300 e. The second kappa shape index (κ2) is 9.63. The fraction of sp³-hybridized carbons (Fsp3) is 0.692. The van der Waals surface area contributed by atoms with Crippen LogP contribution in [0.25, 0.3) is 0 Å². The van der Waals surface area contributed by atoms with Crippen LogP contribution in [0.1, 0.15) is 58.8 Å². The summed E-state index contributed by atoms with van der Waals surface area (Å²) in [5, 5.41) is 0. The molecule has 0 aliphatic carbocycles. The molecule has 0 aromatic carbocycles. The molecule has 86 valence electrons. The molecule has 0 saturated carbocycles. The SMILES string of the molecule is CCC=CCCC(=O)CCC(=O)CCC. The Hall–Kier alpha value is -0.920. The lowest BCUT2D eigenvalue weighted by atomic mass is 10.1. The lowest BCUT2D eigenvalue weighted by molar-refractivity contribution is -0.124. The molecule has 0 atom stereocenters. The second-order valence-corrected chi connectivity index (χ2v) is 3.75. The highest BCUT2D eigenvalue weighted by molar-refractivity contribution is 5.85. The number of Topliss-reactive ketones (excluding diaryl/α,β-unsaturated/α-hetero) is 2. The standard InChI is InChI=1S/C13H22O2/c1-3-5-6-7-9-13(15)11-10-12(14)8-4-2/h5-6H,3-4,7-11H2,1-2H3. The van der Waals surface area contributed by atoms with Gasteiger partial charge in [0.1, 0.15) is 11.6 Å². The normalized spacial score (nSPS) is 10.8. The molecular formula is C13H22O2. The maximum absolute atomic E-state index is 11.3. The summed E-state index contributed by atoms with van der Waals surface area (Å²) in [4.78, 5) is 22.5. The Bertz CT molecular complexity index is 217. The fourth-order valence-electron chi connectivity index (χ4n) is 1.34. The summed E-state index contributed by atoms with van der Waals surface area (Å²) in [5.74, 6) is 0.426. The molecule has 0 bridgehead atoms. The van der Waals surface area contributed by atoms with Gasteiger partial charge in [-0.2, -0.15) is 0 Å². The Balaban J connectivity index is 3.49. The Morgan fingerprint density at radius 1 is 0.867 bits per heavy atom. The van der Waals surface area contributed by atoms with Crippen molar-refractivity contribution in [2.45, 2.75) is 58.8 Å². The maximum atomic E-state index is 11.3. The molecule has 0 unspecified atom stereocenters. The minimum Gasteiger partial charge on any atom is -0.300 e. The number of rotatable bonds is 9. The van der Waals surface area contributed by atoms with Crippen LogP contribution in [0.3, 0.4) is 0 Å². The summed E-state index contributed by atoms with van der Waals surface area (Å²) in [5.41, 5.74) is 0. The van der Waals surface area contributed by atoms with E-state index in [-0.39, 0.29) is 11.6 Å². The van der Waals surface area contributed by atoms with E-state index in [9.17, 15) is 9.59 Å². The molecule has 0 spiro atoms. The van der Waals surface area contributed by atoms with E-state index in [0.717, 1.165) is 19.3 Å². The van der Waals surface area contributed by atoms with E-state index in [1.807, 2.05) is 13.0 Å². The third kappa shape index (κ3) is 9.39. The molecule has 15 heavy (non-hydrogen) atoms. The van der Waals surface area contributed by atoms with Crippen LogP contribution in [0.5, 0.6) is 0 Å². The van der Waals surface area contributed by atoms with Crippen LogP contribution in [0.15, 0.2) is 12.2 Å². The van der Waals surface area contributed by atoms with E-state index in [2.05, 4.69) is 13.0 Å². The van der Waals surface area contributed by atoms with E-state index in [1.54, 1.807) is 0 Å². The van der Waals surface area contributed by atoms with Crippen molar-refractivity contribution in [1.29, 1.82) is 0 Å². The monoisotopic (exact) mass is 210 g/mol. The van der Waals surface area contributed by atoms with Crippen molar-refractivity contribution < 1.29 is 9.59 Å². The van der Waals surface area contributed by atoms with Crippen molar-refractivity contribution in [2.24, 2.45) is 0 Å². The van der Waals surface area contributed by atoms with Crippen LogP contribution in [-0.2, 0) is 9.59 Å². The van der Waals surface area contributed by atoms with Gasteiger partial charge in [0.05, 0.1) is 0 Å². The third-order valence-corrected chi connectivity index (χ3v) is 2.20. The van der Waals surface area contributed by atoms with Gasteiger partial charge in [-0.05, 0) is 19.3 Å². The molecule has 0 aromatic heterocycles. The van der Waals surface area contributed by atoms with Gasteiger partial charge >= 0.3 is 0 Å². The summed E-state index contributed by atoms with van der Waals surface area (Å²) >= 11 is 0. The van der Waals surface area contributed by atoms with Crippen molar-refractivity contribution in [1.82, 2.24) is 0 Å². The Morgan fingerprint density at radius 2 is 1.47 bits per heavy atom. The van der Waals surface area contributed by atoms with Gasteiger partial charge in [-0.3, -0.25) is 9.59 Å². The molecule has 0 rings (SSSR count). The number of carbonyl (C=O) groups excluding carboxylic acids is 2. The minimum atomic E-state index is 0.209. The van der Waals surface area contributed by atoms with Crippen LogP contribution in [-0.4, -0.2) is 11.6 Å². The third-order valence-electron chi connectivity index (χ3n) is 2.20. The lowest BCUT2D eigenvalue weighted by Crippen LogP contribution is -2.03. The zero-order chi connectivity index (χ0) is 11.5. The highest BCUT2D eigenvalue weighted by atomic mass is 16.1. The summed E-state index contributed by atoms with van der Waals surface area (Å²) in [6.45, 7) is 4.05. The average molecular weight is 210 g/mol. The second-order valence-electron chi connectivity index (χ2n) is 3.75. The predicted molar refractivity (Wildman–Crippen MR) is 62.8 cm³/mol. The number of hydrogen-bond donors (Lipinski definition) is 0. The van der Waals surface area contributed by atoms with Crippen molar-refractivity contribution in [3.05, 3.63) is 12.2 Å². The van der Waals surface area contributed by atoms with Crippen LogP contribution >= 0.6 is 0 Å². The van der Waals surface area contributed by atoms with Crippen molar-refractivity contribution in [3.8, 4) is 0 Å². The van der Waals surface area contributed by atoms with Crippen molar-refractivity contribution in [2.75, 3.05) is 0 Å². The predicted octanol–water partition coefficient (Wildman–Crippen LogP) is 3.45. The van der Waals surface area contributed by atoms with Gasteiger partial charge < -0.3 is 0 Å². The topological polar surface area (TPSA) is 34.1 Å². The zero-order valence-electron chi connectivity index (χ0n) is 9.92. The summed E-state index contributed by atoms with van der Waals surface area (Å²) < 4.78 is 0. The van der Waals surface area contributed by atoms with Gasteiger partial charge in [0.2, 0.25) is 0 Å². The Kier molecular flexibility index (Phi) is 9.04. The van der Waals surface area contributed by atoms with E-state index >= 15 is 0 Å². The first-order chi connectivity index (χ1) is 7.20. The first kappa shape index (κ1) is 14.1. The molecule has 0 amide bonds. The molecule has 0 fully saturated rings. The van der Waals surface area contributed by atoms with E-state index in [0.29, 0.717) is 25.7 Å². The smallest absolute Gasteiger partial charge is 0.133 e. The Morgan fingerprint density at radius 3 is 2.00 bits per heavy atom. The first-order valence-corrected chi connectivity index (χ1v) is 5.89. The van der Waals surface area contributed by atoms with Crippen LogP contribution < -0.4 is 0 Å².